The van der Waals surface area contributed by atoms with Crippen LogP contribution in [-0.4, -0.2) is 27.0 Å². The summed E-state index contributed by atoms with van der Waals surface area (Å²) in [5.41, 5.74) is 3.48. The van der Waals surface area contributed by atoms with Gasteiger partial charge in [-0.15, -0.1) is 0 Å². The minimum absolute atomic E-state index is 0.0941. The SMILES string of the molecule is CC(=O)C1SC2=NC3=C(CCCC3)C(c3ccccc3)N2C1=O. The van der Waals surface area contributed by atoms with Crippen LogP contribution in [0.2, 0.25) is 0 Å². The lowest BCUT2D eigenvalue weighted by molar-refractivity contribution is -0.131. The van der Waals surface area contributed by atoms with Gasteiger partial charge in [-0.25, -0.2) is 4.99 Å². The zero-order valence-electron chi connectivity index (χ0n) is 13.0. The molecular formula is C18H18N2O2S. The molecule has 1 amide bonds. The average Bonchev–Trinajstić information content (AvgIpc) is 2.90. The first-order valence-corrected chi connectivity index (χ1v) is 8.90. The highest BCUT2D eigenvalue weighted by Gasteiger charge is 2.47. The number of Topliss-reactive ketones (excluding diaryl/α,β-unsaturated/α-hetero) is 1. The first kappa shape index (κ1) is 14.7. The molecule has 1 fully saturated rings. The molecule has 1 saturated heterocycles. The predicted octanol–water partition coefficient (Wildman–Crippen LogP) is 3.46. The van der Waals surface area contributed by atoms with Crippen LogP contribution >= 0.6 is 11.8 Å². The van der Waals surface area contributed by atoms with Crippen molar-refractivity contribution in [3.63, 3.8) is 0 Å². The van der Waals surface area contributed by atoms with Crippen molar-refractivity contribution >= 4 is 28.6 Å². The molecule has 0 N–H and O–H groups in total. The van der Waals surface area contributed by atoms with Gasteiger partial charge in [0.25, 0.3) is 5.91 Å². The molecule has 2 heterocycles. The maximum atomic E-state index is 12.8. The summed E-state index contributed by atoms with van der Waals surface area (Å²) in [5, 5.41) is 0.0611. The number of carbonyl (C=O) groups is 2. The van der Waals surface area contributed by atoms with Gasteiger partial charge in [0.2, 0.25) is 0 Å². The molecule has 0 saturated carbocycles. The first-order chi connectivity index (χ1) is 11.2. The van der Waals surface area contributed by atoms with E-state index >= 15 is 0 Å². The molecule has 0 radical (unpaired) electrons. The molecule has 2 atom stereocenters. The molecule has 1 aromatic carbocycles. The van der Waals surface area contributed by atoms with Crippen LogP contribution in [0.4, 0.5) is 0 Å². The van der Waals surface area contributed by atoms with Gasteiger partial charge in [0.15, 0.2) is 11.0 Å². The molecule has 1 aromatic rings. The Morgan fingerprint density at radius 2 is 1.96 bits per heavy atom. The molecule has 1 aliphatic carbocycles. The summed E-state index contributed by atoms with van der Waals surface area (Å²) in [5.74, 6) is -0.214. The number of hydrogen-bond acceptors (Lipinski definition) is 4. The summed E-state index contributed by atoms with van der Waals surface area (Å²) in [6.45, 7) is 1.49. The highest BCUT2D eigenvalue weighted by molar-refractivity contribution is 8.16. The number of nitrogens with zero attached hydrogens (tertiary/aromatic N) is 2. The number of rotatable bonds is 2. The molecule has 0 aromatic heterocycles. The predicted molar refractivity (Wildman–Crippen MR) is 91.0 cm³/mol. The molecule has 23 heavy (non-hydrogen) atoms. The van der Waals surface area contributed by atoms with E-state index in [-0.39, 0.29) is 17.7 Å². The van der Waals surface area contributed by atoms with Gasteiger partial charge in [-0.3, -0.25) is 14.5 Å². The Morgan fingerprint density at radius 3 is 2.70 bits per heavy atom. The fourth-order valence-corrected chi connectivity index (χ4v) is 4.66. The third kappa shape index (κ3) is 2.34. The van der Waals surface area contributed by atoms with Gasteiger partial charge in [-0.1, -0.05) is 42.1 Å². The minimum atomic E-state index is -0.638. The molecule has 4 rings (SSSR count). The van der Waals surface area contributed by atoms with Crippen LogP contribution in [0.25, 0.3) is 0 Å². The highest BCUT2D eigenvalue weighted by Crippen LogP contribution is 2.46. The van der Waals surface area contributed by atoms with Crippen molar-refractivity contribution in [2.45, 2.75) is 43.9 Å². The lowest BCUT2D eigenvalue weighted by Crippen LogP contribution is -2.40. The molecule has 2 aliphatic heterocycles. The number of benzene rings is 1. The summed E-state index contributed by atoms with van der Waals surface area (Å²) >= 11 is 1.31. The molecule has 118 valence electrons. The van der Waals surface area contributed by atoms with E-state index < -0.39 is 5.25 Å². The lowest BCUT2D eigenvalue weighted by atomic mass is 9.86. The standard InChI is InChI=1S/C18H18N2O2S/c1-11(21)16-17(22)20-15(12-7-3-2-4-8-12)13-9-5-6-10-14(13)19-18(20)23-16/h2-4,7-8,15-16H,5-6,9-10H2,1H3. The summed E-state index contributed by atoms with van der Waals surface area (Å²) in [6, 6.07) is 10.0. The summed E-state index contributed by atoms with van der Waals surface area (Å²) in [7, 11) is 0. The van der Waals surface area contributed by atoms with Crippen molar-refractivity contribution < 1.29 is 9.59 Å². The number of allylic oxidation sites excluding steroid dienone is 1. The van der Waals surface area contributed by atoms with Crippen LogP contribution in [0.15, 0.2) is 46.6 Å². The van der Waals surface area contributed by atoms with E-state index in [2.05, 4.69) is 12.1 Å². The number of amidine groups is 1. The Hall–Kier alpha value is -1.88. The largest absolute Gasteiger partial charge is 0.298 e. The number of ketones is 1. The van der Waals surface area contributed by atoms with Crippen LogP contribution in [-0.2, 0) is 9.59 Å². The van der Waals surface area contributed by atoms with Crippen LogP contribution in [0.3, 0.4) is 0 Å². The second kappa shape index (κ2) is 5.64. The number of aliphatic imine (C=N–C) groups is 1. The first-order valence-electron chi connectivity index (χ1n) is 8.02. The van der Waals surface area contributed by atoms with Gasteiger partial charge in [-0.05, 0) is 43.7 Å². The van der Waals surface area contributed by atoms with Gasteiger partial charge in [-0.2, -0.15) is 0 Å². The zero-order valence-corrected chi connectivity index (χ0v) is 13.8. The Morgan fingerprint density at radius 1 is 1.22 bits per heavy atom. The molecule has 2 unspecified atom stereocenters. The summed E-state index contributed by atoms with van der Waals surface area (Å²) < 4.78 is 0. The third-order valence-corrected chi connectivity index (χ3v) is 5.94. The Balaban J connectivity index is 1.84. The Bertz CT molecular complexity index is 739. The highest BCUT2D eigenvalue weighted by atomic mass is 32.2. The molecule has 4 nitrogen and oxygen atoms in total. The number of carbonyl (C=O) groups excluding carboxylic acids is 2. The fraction of sp³-hybridized carbons (Fsp3) is 0.389. The molecule has 0 bridgehead atoms. The fourth-order valence-electron chi connectivity index (χ4n) is 3.60. The molecule has 3 aliphatic rings. The van der Waals surface area contributed by atoms with Crippen LogP contribution in [0, 0.1) is 0 Å². The third-order valence-electron chi connectivity index (χ3n) is 4.67. The quantitative estimate of drug-likeness (QED) is 0.782. The topological polar surface area (TPSA) is 49.7 Å². The van der Waals surface area contributed by atoms with Crippen LogP contribution in [0.5, 0.6) is 0 Å². The van der Waals surface area contributed by atoms with Crippen molar-refractivity contribution in [2.24, 2.45) is 4.99 Å². The lowest BCUT2D eigenvalue weighted by Gasteiger charge is -2.36. The summed E-state index contributed by atoms with van der Waals surface area (Å²) in [6.07, 6.45) is 4.23. The molecule has 0 spiro atoms. The van der Waals surface area contributed by atoms with Crippen molar-refractivity contribution in [3.8, 4) is 0 Å². The van der Waals surface area contributed by atoms with E-state index in [1.165, 1.54) is 24.3 Å². The van der Waals surface area contributed by atoms with Gasteiger partial charge < -0.3 is 0 Å². The second-order valence-corrected chi connectivity index (χ2v) is 7.28. The van der Waals surface area contributed by atoms with Gasteiger partial charge in [0, 0.05) is 5.70 Å². The number of fused-ring (bicyclic) bond motifs is 1. The maximum Gasteiger partial charge on any atom is 0.250 e. The summed E-state index contributed by atoms with van der Waals surface area (Å²) in [4.78, 5) is 31.1. The normalized spacial score (nSPS) is 26.7. The van der Waals surface area contributed by atoms with Crippen molar-refractivity contribution in [1.82, 2.24) is 4.90 Å². The zero-order chi connectivity index (χ0) is 16.0. The van der Waals surface area contributed by atoms with E-state index in [1.54, 1.807) is 4.90 Å². The van der Waals surface area contributed by atoms with E-state index in [0.717, 1.165) is 36.9 Å². The Labute approximate surface area is 139 Å². The maximum absolute atomic E-state index is 12.8. The van der Waals surface area contributed by atoms with E-state index in [9.17, 15) is 9.59 Å². The van der Waals surface area contributed by atoms with Crippen LogP contribution in [0.1, 0.15) is 44.2 Å². The minimum Gasteiger partial charge on any atom is -0.298 e. The molecular weight excluding hydrogens is 308 g/mol. The van der Waals surface area contributed by atoms with Gasteiger partial charge >= 0.3 is 0 Å². The van der Waals surface area contributed by atoms with Crippen molar-refractivity contribution in [1.29, 1.82) is 0 Å². The second-order valence-electron chi connectivity index (χ2n) is 6.20. The average molecular weight is 326 g/mol. The Kier molecular flexibility index (Phi) is 3.60. The number of thioether (sulfide) groups is 1. The van der Waals surface area contributed by atoms with E-state index in [0.29, 0.717) is 5.17 Å². The van der Waals surface area contributed by atoms with E-state index in [1.807, 2.05) is 18.2 Å². The number of amides is 1. The van der Waals surface area contributed by atoms with Crippen molar-refractivity contribution in [3.05, 3.63) is 47.2 Å². The van der Waals surface area contributed by atoms with Gasteiger partial charge in [0.05, 0.1) is 6.04 Å². The monoisotopic (exact) mass is 326 g/mol. The smallest absolute Gasteiger partial charge is 0.250 e. The number of hydrogen-bond donors (Lipinski definition) is 0. The van der Waals surface area contributed by atoms with Gasteiger partial charge in [0.1, 0.15) is 5.25 Å². The van der Waals surface area contributed by atoms with Crippen molar-refractivity contribution in [2.75, 3.05) is 0 Å². The van der Waals surface area contributed by atoms with Crippen LogP contribution < -0.4 is 0 Å². The van der Waals surface area contributed by atoms with E-state index in [4.69, 9.17) is 4.99 Å². The molecule has 5 heteroatoms.